The monoisotopic (exact) mass is 420 g/mol. The second kappa shape index (κ2) is 10.2. The quantitative estimate of drug-likeness (QED) is 0.432. The molecule has 2 aromatic rings. The second-order valence-corrected chi connectivity index (χ2v) is 7.09. The Bertz CT molecular complexity index is 810. The highest BCUT2D eigenvalue weighted by atomic mass is 19.4. The molecule has 4 nitrogen and oxygen atoms in total. The van der Waals surface area contributed by atoms with Gasteiger partial charge in [-0.2, -0.15) is 13.2 Å². The molecule has 0 aliphatic rings. The highest BCUT2D eigenvalue weighted by molar-refractivity contribution is 5.90. The van der Waals surface area contributed by atoms with Gasteiger partial charge in [0.15, 0.2) is 0 Å². The number of nitrogens with zero attached hydrogens (tertiary/aromatic N) is 1. The number of alkyl halides is 3. The number of benzene rings is 2. The number of amidine groups is 1. The fourth-order valence-electron chi connectivity index (χ4n) is 2.82. The van der Waals surface area contributed by atoms with Gasteiger partial charge in [0.05, 0.1) is 20.1 Å². The van der Waals surface area contributed by atoms with Crippen LogP contribution in [0.4, 0.5) is 13.2 Å². The number of rotatable bonds is 8. The first kappa shape index (κ1) is 23.3. The van der Waals surface area contributed by atoms with Crippen molar-refractivity contribution in [1.29, 1.82) is 5.41 Å². The van der Waals surface area contributed by atoms with Crippen molar-refractivity contribution >= 4 is 5.84 Å². The lowest BCUT2D eigenvalue weighted by Gasteiger charge is -2.25. The lowest BCUT2D eigenvalue weighted by atomic mass is 10.0. The lowest BCUT2D eigenvalue weighted by Crippen LogP contribution is -2.29. The normalized spacial score (nSPS) is 13.0. The van der Waals surface area contributed by atoms with Gasteiger partial charge in [0, 0.05) is 13.1 Å². The van der Waals surface area contributed by atoms with E-state index in [0.29, 0.717) is 24.6 Å². The van der Waals surface area contributed by atoms with Gasteiger partial charge in [0.25, 0.3) is 0 Å². The molecule has 1 N–H and O–H groups in total. The third kappa shape index (κ3) is 6.54. The zero-order chi connectivity index (χ0) is 22.3. The Balaban J connectivity index is 2.27. The number of hydrogen-bond donors (Lipinski definition) is 1. The van der Waals surface area contributed by atoms with E-state index in [2.05, 4.69) is 0 Å². The molecule has 0 saturated carbocycles. The molecule has 0 heterocycles. The lowest BCUT2D eigenvalue weighted by molar-refractivity contribution is -0.159. The highest BCUT2D eigenvalue weighted by Crippen LogP contribution is 2.31. The van der Waals surface area contributed by atoms with E-state index in [1.54, 1.807) is 19.1 Å². The minimum Gasteiger partial charge on any atom is -0.497 e. The Labute approximate surface area is 175 Å². The fraction of sp³-hybridized carbons (Fsp3) is 0.348. The summed E-state index contributed by atoms with van der Waals surface area (Å²) in [6.45, 7) is 3.26. The van der Waals surface area contributed by atoms with E-state index in [9.17, 15) is 13.2 Å². The fourth-order valence-corrected chi connectivity index (χ4v) is 2.82. The molecule has 0 aliphatic heterocycles. The third-order valence-electron chi connectivity index (χ3n) is 4.94. The largest absolute Gasteiger partial charge is 0.497 e. The molecule has 0 saturated heterocycles. The zero-order valence-corrected chi connectivity index (χ0v) is 17.6. The van der Waals surface area contributed by atoms with Gasteiger partial charge in [-0.05, 0) is 55.3 Å². The summed E-state index contributed by atoms with van der Waals surface area (Å²) in [7, 11) is 3.16. The molecular formula is C23H27F3N2O2. The van der Waals surface area contributed by atoms with Crippen molar-refractivity contribution in [3.63, 3.8) is 0 Å². The van der Waals surface area contributed by atoms with Crippen molar-refractivity contribution in [1.82, 2.24) is 4.90 Å². The summed E-state index contributed by atoms with van der Waals surface area (Å²) in [5.74, 6) is -0.160. The molecule has 0 spiro atoms. The Hall–Kier alpha value is -2.96. The minimum absolute atomic E-state index is 0.0234. The van der Waals surface area contributed by atoms with Crippen molar-refractivity contribution in [2.75, 3.05) is 14.2 Å². The molecule has 1 atom stereocenters. The van der Waals surface area contributed by atoms with E-state index < -0.39 is 12.1 Å². The van der Waals surface area contributed by atoms with Gasteiger partial charge in [0.2, 0.25) is 0 Å². The first-order valence-electron chi connectivity index (χ1n) is 9.48. The molecule has 0 radical (unpaired) electrons. The summed E-state index contributed by atoms with van der Waals surface area (Å²) in [4.78, 5) is 1.73. The highest BCUT2D eigenvalue weighted by Gasteiger charge is 2.37. The second-order valence-electron chi connectivity index (χ2n) is 7.09. The van der Waals surface area contributed by atoms with E-state index >= 15 is 0 Å². The molecule has 0 aliphatic carbocycles. The van der Waals surface area contributed by atoms with Crippen LogP contribution in [0.5, 0.6) is 11.5 Å². The minimum atomic E-state index is -4.34. The van der Waals surface area contributed by atoms with Crippen LogP contribution in [0.1, 0.15) is 25.0 Å². The summed E-state index contributed by atoms with van der Waals surface area (Å²) in [6, 6.07) is 14.8. The zero-order valence-electron chi connectivity index (χ0n) is 17.6. The van der Waals surface area contributed by atoms with E-state index in [1.165, 1.54) is 13.0 Å². The van der Waals surface area contributed by atoms with Crippen LogP contribution in [-0.2, 0) is 13.1 Å². The van der Waals surface area contributed by atoms with Gasteiger partial charge in [0.1, 0.15) is 17.3 Å². The SMILES string of the molecule is COc1ccc(CN(Cc2ccc(OC)cc2)C(=N)/C=C(/C)C(C)C(F)(F)F)cc1. The van der Waals surface area contributed by atoms with E-state index in [-0.39, 0.29) is 11.4 Å². The number of hydrogen-bond acceptors (Lipinski definition) is 3. The molecule has 1 unspecified atom stereocenters. The summed E-state index contributed by atoms with van der Waals surface area (Å²) < 4.78 is 49.4. The summed E-state index contributed by atoms with van der Waals surface area (Å²) >= 11 is 0. The number of halogens is 3. The van der Waals surface area contributed by atoms with E-state index in [4.69, 9.17) is 14.9 Å². The van der Waals surface area contributed by atoms with Gasteiger partial charge in [-0.3, -0.25) is 5.41 Å². The maximum Gasteiger partial charge on any atom is 0.395 e. The van der Waals surface area contributed by atoms with Crippen LogP contribution in [0, 0.1) is 11.3 Å². The molecule has 0 amide bonds. The topological polar surface area (TPSA) is 45.6 Å². The average Bonchev–Trinajstić information content (AvgIpc) is 2.73. The summed E-state index contributed by atoms with van der Waals surface area (Å²) in [5.41, 5.74) is 1.94. The Morgan fingerprint density at radius 2 is 1.33 bits per heavy atom. The molecular weight excluding hydrogens is 393 g/mol. The van der Waals surface area contributed by atoms with Crippen LogP contribution in [0.2, 0.25) is 0 Å². The van der Waals surface area contributed by atoms with Gasteiger partial charge >= 0.3 is 6.18 Å². The number of methoxy groups -OCH3 is 2. The molecule has 2 aromatic carbocycles. The van der Waals surface area contributed by atoms with E-state index in [0.717, 1.165) is 18.1 Å². The van der Waals surface area contributed by atoms with Crippen molar-refractivity contribution in [2.45, 2.75) is 33.1 Å². The van der Waals surface area contributed by atoms with Crippen LogP contribution in [-0.4, -0.2) is 31.1 Å². The van der Waals surface area contributed by atoms with E-state index in [1.807, 2.05) is 48.5 Å². The number of allylic oxidation sites excluding steroid dienone is 1. The van der Waals surface area contributed by atoms with Crippen molar-refractivity contribution in [2.24, 2.45) is 5.92 Å². The predicted octanol–water partition coefficient (Wildman–Crippen LogP) is 5.83. The van der Waals surface area contributed by atoms with Crippen LogP contribution in [0.3, 0.4) is 0 Å². The molecule has 162 valence electrons. The maximum atomic E-state index is 13.0. The van der Waals surface area contributed by atoms with Crippen LogP contribution in [0.25, 0.3) is 0 Å². The molecule has 2 rings (SSSR count). The third-order valence-corrected chi connectivity index (χ3v) is 4.94. The van der Waals surface area contributed by atoms with Gasteiger partial charge in [-0.1, -0.05) is 29.8 Å². The van der Waals surface area contributed by atoms with Crippen molar-refractivity contribution in [3.8, 4) is 11.5 Å². The van der Waals surface area contributed by atoms with Gasteiger partial charge in [-0.15, -0.1) is 0 Å². The molecule has 7 heteroatoms. The smallest absolute Gasteiger partial charge is 0.395 e. The maximum absolute atomic E-state index is 13.0. The molecule has 30 heavy (non-hydrogen) atoms. The first-order chi connectivity index (χ1) is 14.1. The van der Waals surface area contributed by atoms with Gasteiger partial charge in [-0.25, -0.2) is 0 Å². The van der Waals surface area contributed by atoms with Crippen LogP contribution < -0.4 is 9.47 Å². The summed E-state index contributed by atoms with van der Waals surface area (Å²) in [6.07, 6.45) is -3.04. The number of nitrogens with one attached hydrogen (secondary N) is 1. The molecule has 0 aromatic heterocycles. The van der Waals surface area contributed by atoms with Crippen molar-refractivity contribution < 1.29 is 22.6 Å². The predicted molar refractivity (Wildman–Crippen MR) is 112 cm³/mol. The van der Waals surface area contributed by atoms with Crippen molar-refractivity contribution in [3.05, 3.63) is 71.3 Å². The number of ether oxygens (including phenoxy) is 2. The van der Waals surface area contributed by atoms with Crippen LogP contribution in [0.15, 0.2) is 60.2 Å². The molecule has 0 fully saturated rings. The standard InChI is InChI=1S/C23H27F3N2O2/c1-16(17(2)23(24,25)26)13-22(27)28(14-18-5-9-20(29-3)10-6-18)15-19-7-11-21(30-4)12-8-19/h5-13,17,27H,14-15H2,1-4H3/b16-13-,27-22?. The average molecular weight is 420 g/mol. The van der Waals surface area contributed by atoms with Crippen LogP contribution >= 0.6 is 0 Å². The van der Waals surface area contributed by atoms with Gasteiger partial charge < -0.3 is 14.4 Å². The Kier molecular flexibility index (Phi) is 7.92. The molecule has 0 bridgehead atoms. The Morgan fingerprint density at radius 3 is 1.67 bits per heavy atom. The Morgan fingerprint density at radius 1 is 0.933 bits per heavy atom. The summed E-state index contributed by atoms with van der Waals surface area (Å²) in [5, 5.41) is 8.46. The first-order valence-corrected chi connectivity index (χ1v) is 9.48.